The summed E-state index contributed by atoms with van der Waals surface area (Å²) in [5.74, 6) is -3.04. The van der Waals surface area contributed by atoms with Crippen molar-refractivity contribution in [2.24, 2.45) is 4.99 Å². The van der Waals surface area contributed by atoms with Crippen molar-refractivity contribution in [2.75, 3.05) is 6.61 Å². The van der Waals surface area contributed by atoms with E-state index in [1.165, 1.54) is 20.8 Å². The summed E-state index contributed by atoms with van der Waals surface area (Å²) in [7, 11) is 0. The van der Waals surface area contributed by atoms with E-state index in [2.05, 4.69) is 4.99 Å². The lowest BCUT2D eigenvalue weighted by atomic mass is 9.97. The lowest BCUT2D eigenvalue weighted by Gasteiger charge is -2.12. The van der Waals surface area contributed by atoms with Crippen molar-refractivity contribution in [3.8, 4) is 0 Å². The molecule has 1 rings (SSSR count). The van der Waals surface area contributed by atoms with Crippen LogP contribution in [0.4, 0.5) is 8.78 Å². The Morgan fingerprint density at radius 2 is 1.95 bits per heavy atom. The fourth-order valence-electron chi connectivity index (χ4n) is 1.80. The van der Waals surface area contributed by atoms with E-state index in [9.17, 15) is 18.7 Å². The largest absolute Gasteiger partial charge is 0.506 e. The zero-order valence-electron chi connectivity index (χ0n) is 12.9. The lowest BCUT2D eigenvalue weighted by Crippen LogP contribution is -2.09. The molecule has 0 amide bonds. The predicted molar refractivity (Wildman–Crippen MR) is 81.1 cm³/mol. The van der Waals surface area contributed by atoms with Gasteiger partial charge in [0.05, 0.1) is 18.2 Å². The lowest BCUT2D eigenvalue weighted by molar-refractivity contribution is -0.113. The summed E-state index contributed by atoms with van der Waals surface area (Å²) in [4.78, 5) is 15.6. The number of halogens is 2. The van der Waals surface area contributed by atoms with Crippen LogP contribution in [0.3, 0.4) is 0 Å². The quantitative estimate of drug-likeness (QED) is 0.499. The van der Waals surface area contributed by atoms with Crippen molar-refractivity contribution in [2.45, 2.75) is 33.7 Å². The molecule has 0 aliphatic carbocycles. The third kappa shape index (κ3) is 3.76. The first-order valence-corrected chi connectivity index (χ1v) is 6.74. The molecule has 6 heteroatoms. The summed E-state index contributed by atoms with van der Waals surface area (Å²) in [6, 6.07) is 0.397. The highest BCUT2D eigenvalue weighted by Crippen LogP contribution is 2.26. The number of hydrogen-bond acceptors (Lipinski definition) is 4. The van der Waals surface area contributed by atoms with E-state index >= 15 is 0 Å². The zero-order valence-corrected chi connectivity index (χ0v) is 12.9. The summed E-state index contributed by atoms with van der Waals surface area (Å²) in [5.41, 5.74) is 0.294. The Labute approximate surface area is 127 Å². The number of aliphatic hydroxyl groups is 2. The van der Waals surface area contributed by atoms with Crippen molar-refractivity contribution in [1.82, 2.24) is 0 Å². The molecule has 0 aromatic heterocycles. The summed E-state index contributed by atoms with van der Waals surface area (Å²) in [5, 5.41) is 19.2. The summed E-state index contributed by atoms with van der Waals surface area (Å²) in [6.07, 6.45) is 1.13. The number of Topliss-reactive ketones (excluding diaryl/α,β-unsaturated/α-hetero) is 1. The molecular formula is C16H19F2NO3. The molecule has 0 unspecified atom stereocenters. The average Bonchev–Trinajstić information content (AvgIpc) is 2.48. The Bertz CT molecular complexity index is 651. The number of hydrogen-bond donors (Lipinski definition) is 2. The Hall–Kier alpha value is -2.08. The van der Waals surface area contributed by atoms with Crippen LogP contribution in [0.1, 0.15) is 30.5 Å². The minimum atomic E-state index is -1.10. The first-order chi connectivity index (χ1) is 10.2. The van der Waals surface area contributed by atoms with Crippen LogP contribution in [-0.4, -0.2) is 34.9 Å². The van der Waals surface area contributed by atoms with Gasteiger partial charge in [-0.1, -0.05) is 0 Å². The molecule has 0 heterocycles. The number of carbonyl (C=O) groups excluding carboxylic acids is 1. The van der Waals surface area contributed by atoms with Gasteiger partial charge < -0.3 is 10.2 Å². The summed E-state index contributed by atoms with van der Waals surface area (Å²) in [6.45, 7) is 5.54. The van der Waals surface area contributed by atoms with Gasteiger partial charge in [0.15, 0.2) is 17.4 Å². The normalized spacial score (nSPS) is 14.1. The van der Waals surface area contributed by atoms with Crippen LogP contribution in [-0.2, 0) is 4.79 Å². The van der Waals surface area contributed by atoms with Gasteiger partial charge in [-0.3, -0.25) is 9.79 Å². The third-order valence-electron chi connectivity index (χ3n) is 3.39. The minimum absolute atomic E-state index is 0.0321. The average molecular weight is 311 g/mol. The van der Waals surface area contributed by atoms with E-state index in [0.29, 0.717) is 5.56 Å². The van der Waals surface area contributed by atoms with E-state index in [1.54, 1.807) is 6.92 Å². The second-order valence-electron chi connectivity index (χ2n) is 5.10. The second kappa shape index (κ2) is 7.26. The molecule has 1 atom stereocenters. The smallest absolute Gasteiger partial charge is 0.165 e. The number of ketones is 1. The van der Waals surface area contributed by atoms with Gasteiger partial charge >= 0.3 is 0 Å². The summed E-state index contributed by atoms with van der Waals surface area (Å²) >= 11 is 0. The molecule has 2 N–H and O–H groups in total. The van der Waals surface area contributed by atoms with Crippen LogP contribution in [0.5, 0.6) is 0 Å². The Morgan fingerprint density at radius 1 is 1.36 bits per heavy atom. The summed E-state index contributed by atoms with van der Waals surface area (Å²) < 4.78 is 27.1. The molecule has 1 aromatic rings. The molecule has 120 valence electrons. The molecule has 22 heavy (non-hydrogen) atoms. The molecule has 0 saturated heterocycles. The van der Waals surface area contributed by atoms with E-state index in [-0.39, 0.29) is 23.3 Å². The van der Waals surface area contributed by atoms with Crippen molar-refractivity contribution in [1.29, 1.82) is 0 Å². The topological polar surface area (TPSA) is 69.9 Å². The molecule has 0 radical (unpaired) electrons. The highest BCUT2D eigenvalue weighted by Gasteiger charge is 2.18. The Morgan fingerprint density at radius 3 is 2.45 bits per heavy atom. The first-order valence-electron chi connectivity index (χ1n) is 6.74. The van der Waals surface area contributed by atoms with Crippen LogP contribution in [0.25, 0.3) is 5.76 Å². The van der Waals surface area contributed by atoms with E-state index in [4.69, 9.17) is 5.11 Å². The van der Waals surface area contributed by atoms with Crippen LogP contribution < -0.4 is 0 Å². The van der Waals surface area contributed by atoms with Crippen molar-refractivity contribution in [3.63, 3.8) is 0 Å². The molecule has 0 aliphatic heterocycles. The van der Waals surface area contributed by atoms with Gasteiger partial charge in [-0.25, -0.2) is 8.78 Å². The standard InChI is InChI=1S/C16H19F2NO3/c1-8(7-20)19-6-13(11(4)21)16(22)12-5-14(17)15(18)10(3)9(12)2/h5-6,8,20,22H,7H2,1-4H3/t8-/m0/s1. The fraction of sp³-hybridized carbons (Fsp3) is 0.375. The highest BCUT2D eigenvalue weighted by molar-refractivity contribution is 6.17. The SMILES string of the molecule is CC(=O)C(C=N[C@@H](C)CO)=C(O)c1cc(F)c(F)c(C)c1C. The molecule has 0 bridgehead atoms. The van der Waals surface area contributed by atoms with Gasteiger partial charge in [-0.15, -0.1) is 0 Å². The van der Waals surface area contributed by atoms with Crippen molar-refractivity contribution < 1.29 is 23.8 Å². The van der Waals surface area contributed by atoms with Gasteiger partial charge in [0, 0.05) is 11.8 Å². The molecule has 0 saturated carbocycles. The van der Waals surface area contributed by atoms with E-state index in [0.717, 1.165) is 12.3 Å². The number of rotatable bonds is 5. The van der Waals surface area contributed by atoms with Gasteiger partial charge in [0.2, 0.25) is 0 Å². The fourth-order valence-corrected chi connectivity index (χ4v) is 1.80. The molecule has 0 aliphatic rings. The predicted octanol–water partition coefficient (Wildman–Crippen LogP) is 2.89. The van der Waals surface area contributed by atoms with Crippen LogP contribution >= 0.6 is 0 Å². The molecular weight excluding hydrogens is 292 g/mol. The third-order valence-corrected chi connectivity index (χ3v) is 3.39. The van der Waals surface area contributed by atoms with Gasteiger partial charge in [-0.05, 0) is 44.9 Å². The van der Waals surface area contributed by atoms with Crippen molar-refractivity contribution >= 4 is 17.8 Å². The number of benzene rings is 1. The van der Waals surface area contributed by atoms with Crippen LogP contribution in [0.2, 0.25) is 0 Å². The van der Waals surface area contributed by atoms with Gasteiger partial charge in [0.25, 0.3) is 0 Å². The van der Waals surface area contributed by atoms with Gasteiger partial charge in [0.1, 0.15) is 5.76 Å². The first kappa shape index (κ1) is 18.0. The number of aliphatic hydroxyl groups excluding tert-OH is 2. The number of aliphatic imine (C=N–C) groups is 1. The molecule has 1 aromatic carbocycles. The number of allylic oxidation sites excluding steroid dienone is 1. The van der Waals surface area contributed by atoms with E-state index < -0.39 is 29.2 Å². The molecule has 4 nitrogen and oxygen atoms in total. The van der Waals surface area contributed by atoms with Crippen LogP contribution in [0.15, 0.2) is 16.6 Å². The van der Waals surface area contributed by atoms with Crippen molar-refractivity contribution in [3.05, 3.63) is 40.0 Å². The Kier molecular flexibility index (Phi) is 5.93. The molecule has 0 spiro atoms. The zero-order chi connectivity index (χ0) is 17.0. The highest BCUT2D eigenvalue weighted by atomic mass is 19.2. The maximum absolute atomic E-state index is 13.6. The van der Waals surface area contributed by atoms with Crippen LogP contribution in [0, 0.1) is 25.5 Å². The number of nitrogens with zero attached hydrogens (tertiary/aromatic N) is 1. The van der Waals surface area contributed by atoms with Gasteiger partial charge in [-0.2, -0.15) is 0 Å². The maximum atomic E-state index is 13.6. The maximum Gasteiger partial charge on any atom is 0.165 e. The molecule has 0 fully saturated rings. The monoisotopic (exact) mass is 311 g/mol. The second-order valence-corrected chi connectivity index (χ2v) is 5.10. The minimum Gasteiger partial charge on any atom is -0.506 e. The van der Waals surface area contributed by atoms with E-state index in [1.807, 2.05) is 0 Å². The Balaban J connectivity index is 3.49. The number of carbonyl (C=O) groups is 1.